The molecule has 3 amide bonds. The largest absolute Gasteiger partial charge is 0.481 e. The van der Waals surface area contributed by atoms with Gasteiger partial charge in [-0.2, -0.15) is 12.6 Å². The van der Waals surface area contributed by atoms with Crippen molar-refractivity contribution in [3.8, 4) is 0 Å². The highest BCUT2D eigenvalue weighted by atomic mass is 32.1. The SMILES string of the molecule is NC(Cc1ccccc1)C(=O)NC(Cc1cnc[nH]1)C(=O)NC(CC(=O)O)C(=O)NC(CS)C(=O)O. The molecule has 4 atom stereocenters. The molecule has 0 fully saturated rings. The van der Waals surface area contributed by atoms with Gasteiger partial charge in [-0.15, -0.1) is 0 Å². The standard InChI is InChI=1S/C22H28N6O7S/c23-14(6-12-4-2-1-3-5-12)19(31)26-15(7-13-9-24-11-25-13)20(32)27-16(8-18(29)30)21(33)28-17(10-36)22(34)35/h1-5,9,11,14-17,36H,6-8,10,23H2,(H,24,25)(H,26,31)(H,27,32)(H,28,33)(H,29,30)(H,34,35). The van der Waals surface area contributed by atoms with Gasteiger partial charge in [-0.3, -0.25) is 19.2 Å². The zero-order valence-corrected chi connectivity index (χ0v) is 20.0. The molecule has 8 N–H and O–H groups in total. The first-order valence-corrected chi connectivity index (χ1v) is 11.5. The molecule has 14 heteroatoms. The molecular formula is C22H28N6O7S. The van der Waals surface area contributed by atoms with Gasteiger partial charge in [0.25, 0.3) is 0 Å². The molecule has 0 aliphatic carbocycles. The fraction of sp³-hybridized carbons (Fsp3) is 0.364. The summed E-state index contributed by atoms with van der Waals surface area (Å²) in [6.07, 6.45) is 2.12. The third-order valence-corrected chi connectivity index (χ3v) is 5.42. The zero-order valence-electron chi connectivity index (χ0n) is 19.1. The van der Waals surface area contributed by atoms with E-state index in [9.17, 15) is 29.1 Å². The molecule has 0 bridgehead atoms. The normalized spacial score (nSPS) is 14.1. The van der Waals surface area contributed by atoms with Gasteiger partial charge in [0.05, 0.1) is 18.8 Å². The molecule has 36 heavy (non-hydrogen) atoms. The molecule has 194 valence electrons. The van der Waals surface area contributed by atoms with Crippen LogP contribution in [0.2, 0.25) is 0 Å². The number of H-pyrrole nitrogens is 1. The maximum absolute atomic E-state index is 13.1. The van der Waals surface area contributed by atoms with E-state index in [4.69, 9.17) is 10.8 Å². The lowest BCUT2D eigenvalue weighted by molar-refractivity contribution is -0.143. The topological polar surface area (TPSA) is 217 Å². The number of carbonyl (C=O) groups excluding carboxylic acids is 3. The summed E-state index contributed by atoms with van der Waals surface area (Å²) in [4.78, 5) is 67.5. The van der Waals surface area contributed by atoms with E-state index < -0.39 is 60.2 Å². The van der Waals surface area contributed by atoms with E-state index in [1.165, 1.54) is 12.5 Å². The van der Waals surface area contributed by atoms with Crippen molar-refractivity contribution in [3.05, 3.63) is 54.1 Å². The van der Waals surface area contributed by atoms with E-state index in [-0.39, 0.29) is 18.6 Å². The fourth-order valence-corrected chi connectivity index (χ4v) is 3.43. The van der Waals surface area contributed by atoms with Crippen molar-refractivity contribution in [3.63, 3.8) is 0 Å². The number of nitrogens with zero attached hydrogens (tertiary/aromatic N) is 1. The number of hydrogen-bond donors (Lipinski definition) is 8. The van der Waals surface area contributed by atoms with Crippen LogP contribution >= 0.6 is 12.6 Å². The Morgan fingerprint density at radius 3 is 2.08 bits per heavy atom. The van der Waals surface area contributed by atoms with Gasteiger partial charge in [0.2, 0.25) is 17.7 Å². The minimum atomic E-state index is -1.61. The number of aliphatic carboxylic acids is 2. The number of carboxylic acid groups (broad SMARTS) is 2. The van der Waals surface area contributed by atoms with Crippen LogP contribution in [0.15, 0.2) is 42.9 Å². The summed E-state index contributed by atoms with van der Waals surface area (Å²) in [7, 11) is 0. The van der Waals surface area contributed by atoms with Gasteiger partial charge >= 0.3 is 11.9 Å². The Bertz CT molecular complexity index is 1050. The lowest BCUT2D eigenvalue weighted by atomic mass is 10.0. The summed E-state index contributed by atoms with van der Waals surface area (Å²) in [5.41, 5.74) is 7.31. The number of benzene rings is 1. The number of carbonyl (C=O) groups is 5. The Labute approximate surface area is 211 Å². The van der Waals surface area contributed by atoms with E-state index in [0.29, 0.717) is 5.69 Å². The first-order valence-electron chi connectivity index (χ1n) is 10.8. The predicted molar refractivity (Wildman–Crippen MR) is 130 cm³/mol. The highest BCUT2D eigenvalue weighted by Gasteiger charge is 2.31. The Hall–Kier alpha value is -3.91. The number of aromatic nitrogens is 2. The monoisotopic (exact) mass is 520 g/mol. The Kier molecular flexibility index (Phi) is 10.9. The maximum atomic E-state index is 13.1. The maximum Gasteiger partial charge on any atom is 0.327 e. The highest BCUT2D eigenvalue weighted by Crippen LogP contribution is 2.05. The molecule has 1 heterocycles. The van der Waals surface area contributed by atoms with Gasteiger partial charge in [-0.05, 0) is 12.0 Å². The number of thiol groups is 1. The van der Waals surface area contributed by atoms with Crippen molar-refractivity contribution in [2.45, 2.75) is 43.4 Å². The predicted octanol–water partition coefficient (Wildman–Crippen LogP) is -1.53. The number of nitrogens with one attached hydrogen (secondary N) is 4. The molecule has 2 aromatic rings. The van der Waals surface area contributed by atoms with Crippen LogP contribution in [0.1, 0.15) is 17.7 Å². The van der Waals surface area contributed by atoms with E-state index in [0.717, 1.165) is 5.56 Å². The van der Waals surface area contributed by atoms with Crippen LogP contribution in [0.5, 0.6) is 0 Å². The highest BCUT2D eigenvalue weighted by molar-refractivity contribution is 7.80. The van der Waals surface area contributed by atoms with Crippen molar-refractivity contribution in [2.75, 3.05) is 5.75 Å². The third-order valence-electron chi connectivity index (χ3n) is 5.06. The summed E-state index contributed by atoms with van der Waals surface area (Å²) in [5.74, 6) is -5.59. The smallest absolute Gasteiger partial charge is 0.327 e. The van der Waals surface area contributed by atoms with E-state index in [1.54, 1.807) is 24.3 Å². The number of imidazole rings is 1. The van der Waals surface area contributed by atoms with Crippen molar-refractivity contribution >= 4 is 42.3 Å². The van der Waals surface area contributed by atoms with Crippen LogP contribution in [0.25, 0.3) is 0 Å². The first kappa shape index (κ1) is 28.3. The number of aromatic amines is 1. The zero-order chi connectivity index (χ0) is 26.7. The van der Waals surface area contributed by atoms with Crippen LogP contribution < -0.4 is 21.7 Å². The van der Waals surface area contributed by atoms with Crippen LogP contribution in [-0.2, 0) is 36.8 Å². The van der Waals surface area contributed by atoms with Crippen molar-refractivity contribution in [1.29, 1.82) is 0 Å². The summed E-state index contributed by atoms with van der Waals surface area (Å²) < 4.78 is 0. The van der Waals surface area contributed by atoms with Crippen LogP contribution in [-0.4, -0.2) is 79.8 Å². The van der Waals surface area contributed by atoms with Gasteiger partial charge in [0.1, 0.15) is 18.1 Å². The second-order valence-electron chi connectivity index (χ2n) is 7.88. The van der Waals surface area contributed by atoms with E-state index >= 15 is 0 Å². The molecule has 13 nitrogen and oxygen atoms in total. The minimum absolute atomic E-state index is 0.0641. The van der Waals surface area contributed by atoms with Gasteiger partial charge in [-0.25, -0.2) is 9.78 Å². The molecule has 4 unspecified atom stereocenters. The van der Waals surface area contributed by atoms with Crippen LogP contribution in [0.4, 0.5) is 0 Å². The van der Waals surface area contributed by atoms with Crippen molar-refractivity contribution in [2.24, 2.45) is 5.73 Å². The summed E-state index contributed by atoms with van der Waals surface area (Å²) in [6.45, 7) is 0. The Morgan fingerprint density at radius 1 is 0.917 bits per heavy atom. The molecule has 0 aliphatic heterocycles. The Balaban J connectivity index is 2.16. The molecule has 0 saturated carbocycles. The van der Waals surface area contributed by atoms with E-state index in [1.807, 2.05) is 6.07 Å². The van der Waals surface area contributed by atoms with Gasteiger partial charge in [-0.1, -0.05) is 30.3 Å². The van der Waals surface area contributed by atoms with E-state index in [2.05, 4.69) is 38.5 Å². The summed E-state index contributed by atoms with van der Waals surface area (Å²) in [6, 6.07) is 3.76. The van der Waals surface area contributed by atoms with Crippen LogP contribution in [0.3, 0.4) is 0 Å². The average molecular weight is 521 g/mol. The fourth-order valence-electron chi connectivity index (χ4n) is 3.18. The Morgan fingerprint density at radius 2 is 1.53 bits per heavy atom. The molecular weight excluding hydrogens is 492 g/mol. The van der Waals surface area contributed by atoms with Crippen molar-refractivity contribution < 1.29 is 34.2 Å². The molecule has 1 aromatic carbocycles. The quantitative estimate of drug-likeness (QED) is 0.135. The number of rotatable bonds is 14. The first-order chi connectivity index (χ1) is 17.1. The molecule has 0 spiro atoms. The van der Waals surface area contributed by atoms with Gasteiger partial charge in [0.15, 0.2) is 0 Å². The second-order valence-corrected chi connectivity index (χ2v) is 8.24. The number of hydrogen-bond acceptors (Lipinski definition) is 8. The molecule has 0 saturated heterocycles. The number of carboxylic acids is 2. The van der Waals surface area contributed by atoms with Crippen molar-refractivity contribution in [1.82, 2.24) is 25.9 Å². The molecule has 0 aliphatic rings. The lowest BCUT2D eigenvalue weighted by Crippen LogP contribution is -2.58. The third kappa shape index (κ3) is 9.03. The molecule has 2 rings (SSSR count). The average Bonchev–Trinajstić information content (AvgIpc) is 3.34. The number of amides is 3. The van der Waals surface area contributed by atoms with Crippen LogP contribution in [0, 0.1) is 0 Å². The summed E-state index contributed by atoms with van der Waals surface area (Å²) >= 11 is 3.84. The van der Waals surface area contributed by atoms with Gasteiger partial charge in [0, 0.05) is 24.1 Å². The molecule has 1 aromatic heterocycles. The summed E-state index contributed by atoms with van der Waals surface area (Å²) in [5, 5.41) is 25.3. The second kappa shape index (κ2) is 13.8. The lowest BCUT2D eigenvalue weighted by Gasteiger charge is -2.24. The van der Waals surface area contributed by atoms with Gasteiger partial charge < -0.3 is 36.9 Å². The minimum Gasteiger partial charge on any atom is -0.481 e. The molecule has 0 radical (unpaired) electrons. The number of nitrogens with two attached hydrogens (primary N) is 1.